The molecule has 0 atom stereocenters. The Morgan fingerprint density at radius 2 is 2.50 bits per heavy atom. The summed E-state index contributed by atoms with van der Waals surface area (Å²) in [6.07, 6.45) is 4.59. The molecule has 0 aliphatic carbocycles. The van der Waals surface area contributed by atoms with Gasteiger partial charge in [-0.2, -0.15) is 0 Å². The van der Waals surface area contributed by atoms with Gasteiger partial charge < -0.3 is 9.30 Å². The lowest BCUT2D eigenvalue weighted by Crippen LogP contribution is -2.05. The summed E-state index contributed by atoms with van der Waals surface area (Å²) in [4.78, 5) is 14.8. The fourth-order valence-electron chi connectivity index (χ4n) is 0.953. The van der Waals surface area contributed by atoms with Crippen molar-refractivity contribution in [3.63, 3.8) is 0 Å². The highest BCUT2D eigenvalue weighted by Crippen LogP contribution is 1.99. The van der Waals surface area contributed by atoms with Crippen molar-refractivity contribution in [2.45, 2.75) is 12.8 Å². The zero-order valence-electron chi connectivity index (χ0n) is 7.28. The molecule has 1 heterocycles. The van der Waals surface area contributed by atoms with Crippen LogP contribution in [0.1, 0.15) is 12.2 Å². The predicted octanol–water partition coefficient (Wildman–Crippen LogP) is 0.526. The lowest BCUT2D eigenvalue weighted by Gasteiger charge is -1.99. The molecule has 1 aromatic heterocycles. The Balaban J connectivity index is 2.43. The highest BCUT2D eigenvalue weighted by atomic mass is 16.5. The summed E-state index contributed by atoms with van der Waals surface area (Å²) >= 11 is 0. The summed E-state index contributed by atoms with van der Waals surface area (Å²) in [7, 11) is 3.29. The Morgan fingerprint density at radius 3 is 3.00 bits per heavy atom. The molecular weight excluding hydrogens is 156 g/mol. The smallest absolute Gasteiger partial charge is 0.305 e. The Kier molecular flexibility index (Phi) is 2.85. The van der Waals surface area contributed by atoms with Crippen LogP contribution in [0.4, 0.5) is 0 Å². The number of nitrogens with zero attached hydrogens (tertiary/aromatic N) is 2. The lowest BCUT2D eigenvalue weighted by atomic mass is 10.3. The van der Waals surface area contributed by atoms with Gasteiger partial charge in [0.25, 0.3) is 0 Å². The number of aryl methyl sites for hydroxylation is 2. The van der Waals surface area contributed by atoms with Crippen LogP contribution in [-0.4, -0.2) is 22.6 Å². The second-order valence-corrected chi connectivity index (χ2v) is 2.53. The summed E-state index contributed by atoms with van der Waals surface area (Å²) in [5, 5.41) is 0. The molecule has 12 heavy (non-hydrogen) atoms. The Hall–Kier alpha value is -1.32. The summed E-state index contributed by atoms with van der Waals surface area (Å²) in [5.74, 6) is 0.707. The molecule has 0 saturated carbocycles. The number of methoxy groups -OCH3 is 1. The van der Waals surface area contributed by atoms with Gasteiger partial charge in [0.05, 0.1) is 13.5 Å². The van der Waals surface area contributed by atoms with Gasteiger partial charge in [-0.05, 0) is 0 Å². The minimum absolute atomic E-state index is 0.196. The Labute approximate surface area is 71.2 Å². The summed E-state index contributed by atoms with van der Waals surface area (Å²) in [6.45, 7) is 0. The van der Waals surface area contributed by atoms with Gasteiger partial charge in [0.1, 0.15) is 5.82 Å². The third-order valence-electron chi connectivity index (χ3n) is 1.70. The van der Waals surface area contributed by atoms with Crippen molar-refractivity contribution in [2.75, 3.05) is 7.11 Å². The lowest BCUT2D eigenvalue weighted by molar-refractivity contribution is -0.140. The number of hydrogen-bond donors (Lipinski definition) is 0. The van der Waals surface area contributed by atoms with Gasteiger partial charge in [-0.25, -0.2) is 4.98 Å². The van der Waals surface area contributed by atoms with Crippen molar-refractivity contribution in [3.8, 4) is 0 Å². The van der Waals surface area contributed by atoms with E-state index in [9.17, 15) is 4.79 Å². The third-order valence-corrected chi connectivity index (χ3v) is 1.70. The van der Waals surface area contributed by atoms with E-state index >= 15 is 0 Å². The molecule has 0 spiro atoms. The molecule has 0 N–H and O–H groups in total. The van der Waals surface area contributed by atoms with E-state index in [1.807, 2.05) is 17.8 Å². The summed E-state index contributed by atoms with van der Waals surface area (Å²) in [6, 6.07) is 0. The first kappa shape index (κ1) is 8.77. The second-order valence-electron chi connectivity index (χ2n) is 2.53. The number of carbonyl (C=O) groups excluding carboxylic acids is 1. The van der Waals surface area contributed by atoms with Crippen LogP contribution in [0.2, 0.25) is 0 Å². The molecule has 0 aromatic carbocycles. The van der Waals surface area contributed by atoms with Crippen LogP contribution < -0.4 is 0 Å². The molecule has 0 aliphatic heterocycles. The van der Waals surface area contributed by atoms with E-state index in [2.05, 4.69) is 9.72 Å². The molecule has 0 unspecified atom stereocenters. The molecule has 1 rings (SSSR count). The number of imidazole rings is 1. The first-order chi connectivity index (χ1) is 5.74. The molecule has 1 aromatic rings. The van der Waals surface area contributed by atoms with Crippen molar-refractivity contribution in [3.05, 3.63) is 18.2 Å². The maximum Gasteiger partial charge on any atom is 0.305 e. The van der Waals surface area contributed by atoms with Crippen LogP contribution in [0, 0.1) is 0 Å². The van der Waals surface area contributed by atoms with Gasteiger partial charge in [-0.3, -0.25) is 4.79 Å². The number of carbonyl (C=O) groups is 1. The van der Waals surface area contributed by atoms with Crippen LogP contribution >= 0.6 is 0 Å². The van der Waals surface area contributed by atoms with E-state index in [1.165, 1.54) is 7.11 Å². The molecule has 0 amide bonds. The quantitative estimate of drug-likeness (QED) is 0.618. The molecule has 0 fully saturated rings. The molecule has 0 saturated heterocycles. The highest BCUT2D eigenvalue weighted by molar-refractivity contribution is 5.69. The van der Waals surface area contributed by atoms with Crippen molar-refractivity contribution in [1.82, 2.24) is 9.55 Å². The van der Waals surface area contributed by atoms with Crippen molar-refractivity contribution in [2.24, 2.45) is 7.05 Å². The zero-order chi connectivity index (χ0) is 8.97. The minimum atomic E-state index is -0.196. The van der Waals surface area contributed by atoms with E-state index in [-0.39, 0.29) is 5.97 Å². The monoisotopic (exact) mass is 168 g/mol. The molecule has 4 nitrogen and oxygen atoms in total. The molecule has 0 radical (unpaired) electrons. The highest BCUT2D eigenvalue weighted by Gasteiger charge is 2.03. The maximum atomic E-state index is 10.8. The van der Waals surface area contributed by atoms with Gasteiger partial charge in [-0.15, -0.1) is 0 Å². The largest absolute Gasteiger partial charge is 0.469 e. The van der Waals surface area contributed by atoms with Crippen LogP contribution in [0.3, 0.4) is 0 Å². The normalized spacial score (nSPS) is 9.83. The standard InChI is InChI=1S/C8H12N2O2/c1-10-6-5-9-7(10)3-4-8(11)12-2/h5-6H,3-4H2,1-2H3. The zero-order valence-corrected chi connectivity index (χ0v) is 7.28. The topological polar surface area (TPSA) is 44.1 Å². The number of esters is 1. The molecule has 0 aliphatic rings. The van der Waals surface area contributed by atoms with Gasteiger partial charge in [0.2, 0.25) is 0 Å². The third kappa shape index (κ3) is 2.08. The van der Waals surface area contributed by atoms with Gasteiger partial charge in [0.15, 0.2) is 0 Å². The fraction of sp³-hybridized carbons (Fsp3) is 0.500. The summed E-state index contributed by atoms with van der Waals surface area (Å²) in [5.41, 5.74) is 0. The van der Waals surface area contributed by atoms with E-state index < -0.39 is 0 Å². The Morgan fingerprint density at radius 1 is 1.75 bits per heavy atom. The van der Waals surface area contributed by atoms with Crippen LogP contribution in [0.15, 0.2) is 12.4 Å². The van der Waals surface area contributed by atoms with E-state index in [1.54, 1.807) is 6.20 Å². The van der Waals surface area contributed by atoms with Crippen LogP contribution in [0.25, 0.3) is 0 Å². The number of hydrogen-bond acceptors (Lipinski definition) is 3. The average Bonchev–Trinajstić information content (AvgIpc) is 2.47. The SMILES string of the molecule is COC(=O)CCc1nccn1C. The summed E-state index contributed by atoms with van der Waals surface area (Å²) < 4.78 is 6.40. The fourth-order valence-corrected chi connectivity index (χ4v) is 0.953. The van der Waals surface area contributed by atoms with Crippen LogP contribution in [0.5, 0.6) is 0 Å². The van der Waals surface area contributed by atoms with Gasteiger partial charge in [0, 0.05) is 25.9 Å². The number of aromatic nitrogens is 2. The van der Waals surface area contributed by atoms with Crippen LogP contribution in [-0.2, 0) is 23.0 Å². The van der Waals surface area contributed by atoms with Crippen molar-refractivity contribution < 1.29 is 9.53 Å². The average molecular weight is 168 g/mol. The molecule has 4 heteroatoms. The number of rotatable bonds is 3. The van der Waals surface area contributed by atoms with Gasteiger partial charge >= 0.3 is 5.97 Å². The van der Waals surface area contributed by atoms with E-state index in [0.29, 0.717) is 12.8 Å². The van der Waals surface area contributed by atoms with Gasteiger partial charge in [-0.1, -0.05) is 0 Å². The predicted molar refractivity (Wildman–Crippen MR) is 43.5 cm³/mol. The maximum absolute atomic E-state index is 10.8. The molecule has 66 valence electrons. The second kappa shape index (κ2) is 3.90. The first-order valence-electron chi connectivity index (χ1n) is 3.77. The van der Waals surface area contributed by atoms with E-state index in [4.69, 9.17) is 0 Å². The van der Waals surface area contributed by atoms with Crippen molar-refractivity contribution >= 4 is 5.97 Å². The first-order valence-corrected chi connectivity index (χ1v) is 3.77. The molecular formula is C8H12N2O2. The van der Waals surface area contributed by atoms with E-state index in [0.717, 1.165) is 5.82 Å². The molecule has 0 bridgehead atoms. The number of ether oxygens (including phenoxy) is 1. The Bertz CT molecular complexity index is 268. The minimum Gasteiger partial charge on any atom is -0.469 e. The van der Waals surface area contributed by atoms with Crippen molar-refractivity contribution in [1.29, 1.82) is 0 Å².